The van der Waals surface area contributed by atoms with Crippen LogP contribution >= 0.6 is 0 Å². The zero-order chi connectivity index (χ0) is 15.6. The van der Waals surface area contributed by atoms with Crippen LogP contribution in [-0.4, -0.2) is 68.0 Å². The first-order chi connectivity index (χ1) is 9.97. The number of rotatable bonds is 4. The van der Waals surface area contributed by atoms with Crippen LogP contribution in [0.1, 0.15) is 5.56 Å². The Morgan fingerprint density at radius 3 is 2.33 bits per heavy atom. The average Bonchev–Trinajstić information content (AvgIpc) is 2.49. The molecule has 1 fully saturated rings. The van der Waals surface area contributed by atoms with E-state index in [4.69, 9.17) is 19.7 Å². The quantitative estimate of drug-likeness (QED) is 0.378. The summed E-state index contributed by atoms with van der Waals surface area (Å²) in [6, 6.07) is 4.14. The van der Waals surface area contributed by atoms with Crippen molar-refractivity contribution < 1.29 is 40.1 Å². The highest BCUT2D eigenvalue weighted by atomic mass is 16.7. The lowest BCUT2D eigenvalue weighted by Crippen LogP contribution is -2.60. The largest absolute Gasteiger partial charge is 0.504 e. The van der Waals surface area contributed by atoms with Crippen LogP contribution < -0.4 is 4.74 Å². The van der Waals surface area contributed by atoms with E-state index in [1.54, 1.807) is 0 Å². The molecular formula is C13H18O8. The number of aliphatic hydroxyl groups is 5. The molecule has 6 N–H and O–H groups in total. The van der Waals surface area contributed by atoms with Gasteiger partial charge in [-0.15, -0.1) is 0 Å². The van der Waals surface area contributed by atoms with E-state index in [2.05, 4.69) is 0 Å². The zero-order valence-corrected chi connectivity index (χ0v) is 11.0. The lowest BCUT2D eigenvalue weighted by atomic mass is 9.99. The van der Waals surface area contributed by atoms with E-state index in [9.17, 15) is 20.4 Å². The number of phenolic OH excluding ortho intramolecular Hbond substituents is 1. The van der Waals surface area contributed by atoms with Crippen molar-refractivity contribution in [3.63, 3.8) is 0 Å². The van der Waals surface area contributed by atoms with Crippen LogP contribution in [0.2, 0.25) is 0 Å². The second kappa shape index (κ2) is 6.56. The molecule has 0 aromatic heterocycles. The van der Waals surface area contributed by atoms with E-state index in [0.717, 1.165) is 0 Å². The summed E-state index contributed by atoms with van der Waals surface area (Å²) in [5, 5.41) is 56.8. The molecule has 1 aliphatic heterocycles. The lowest BCUT2D eigenvalue weighted by molar-refractivity contribution is -0.277. The Bertz CT molecular complexity index is 477. The predicted octanol–water partition coefficient (Wildman–Crippen LogP) is -1.94. The van der Waals surface area contributed by atoms with Crippen molar-refractivity contribution >= 4 is 0 Å². The number of phenols is 1. The van der Waals surface area contributed by atoms with E-state index < -0.39 is 37.3 Å². The van der Waals surface area contributed by atoms with E-state index in [-0.39, 0.29) is 18.1 Å². The molecule has 8 heteroatoms. The van der Waals surface area contributed by atoms with Crippen molar-refractivity contribution in [2.45, 2.75) is 37.3 Å². The van der Waals surface area contributed by atoms with Gasteiger partial charge in [-0.2, -0.15) is 0 Å². The monoisotopic (exact) mass is 302 g/mol. The number of hydrogen-bond donors (Lipinski definition) is 6. The number of ether oxygens (including phenoxy) is 2. The van der Waals surface area contributed by atoms with Crippen LogP contribution in [0.25, 0.3) is 0 Å². The van der Waals surface area contributed by atoms with Gasteiger partial charge in [0.15, 0.2) is 11.5 Å². The molecule has 5 atom stereocenters. The summed E-state index contributed by atoms with van der Waals surface area (Å²) in [5.74, 6) is -0.310. The minimum Gasteiger partial charge on any atom is -0.504 e. The first-order valence-electron chi connectivity index (χ1n) is 6.38. The van der Waals surface area contributed by atoms with Gasteiger partial charge in [-0.25, -0.2) is 0 Å². The molecule has 21 heavy (non-hydrogen) atoms. The molecule has 8 nitrogen and oxygen atoms in total. The fourth-order valence-corrected chi connectivity index (χ4v) is 2.05. The Kier molecular flexibility index (Phi) is 4.99. The van der Waals surface area contributed by atoms with Gasteiger partial charge in [0.1, 0.15) is 24.4 Å². The summed E-state index contributed by atoms with van der Waals surface area (Å²) >= 11 is 0. The normalized spacial score (nSPS) is 32.9. The Morgan fingerprint density at radius 1 is 1.05 bits per heavy atom. The summed E-state index contributed by atoms with van der Waals surface area (Å²) in [7, 11) is 0. The van der Waals surface area contributed by atoms with Gasteiger partial charge in [0.05, 0.1) is 13.2 Å². The SMILES string of the molecule is OCc1ccc(O[C@@H]2O[C@H](CO)[C@@H](O)[C@H](O)[C@H]2O)c(O)c1. The fourth-order valence-electron chi connectivity index (χ4n) is 2.05. The Hall–Kier alpha value is -1.42. The van der Waals surface area contributed by atoms with Crippen molar-refractivity contribution in [2.75, 3.05) is 6.61 Å². The maximum Gasteiger partial charge on any atom is 0.229 e. The van der Waals surface area contributed by atoms with Gasteiger partial charge < -0.3 is 40.1 Å². The van der Waals surface area contributed by atoms with Crippen LogP contribution in [0, 0.1) is 0 Å². The molecule has 0 aliphatic carbocycles. The molecule has 0 unspecified atom stereocenters. The first kappa shape index (κ1) is 16.0. The van der Waals surface area contributed by atoms with Crippen LogP contribution in [0.15, 0.2) is 18.2 Å². The van der Waals surface area contributed by atoms with Crippen molar-refractivity contribution in [3.05, 3.63) is 23.8 Å². The summed E-state index contributed by atoms with van der Waals surface area (Å²) in [6.45, 7) is -0.825. The minimum atomic E-state index is -1.56. The number of aromatic hydroxyl groups is 1. The number of aliphatic hydroxyl groups excluding tert-OH is 5. The lowest BCUT2D eigenvalue weighted by Gasteiger charge is -2.39. The van der Waals surface area contributed by atoms with Crippen LogP contribution in [0.3, 0.4) is 0 Å². The third-order valence-corrected chi connectivity index (χ3v) is 3.30. The Balaban J connectivity index is 2.14. The molecule has 1 aromatic carbocycles. The number of benzene rings is 1. The highest BCUT2D eigenvalue weighted by Gasteiger charge is 2.44. The molecule has 0 radical (unpaired) electrons. The molecule has 1 aromatic rings. The third-order valence-electron chi connectivity index (χ3n) is 3.30. The van der Waals surface area contributed by atoms with E-state index in [1.807, 2.05) is 0 Å². The highest BCUT2D eigenvalue weighted by molar-refractivity contribution is 5.41. The Morgan fingerprint density at radius 2 is 1.76 bits per heavy atom. The molecular weight excluding hydrogens is 284 g/mol. The van der Waals surface area contributed by atoms with Crippen molar-refractivity contribution in [2.24, 2.45) is 0 Å². The Labute approximate surface area is 120 Å². The van der Waals surface area contributed by atoms with Crippen LogP contribution in [-0.2, 0) is 11.3 Å². The molecule has 1 heterocycles. The topological polar surface area (TPSA) is 140 Å². The summed E-state index contributed by atoms with van der Waals surface area (Å²) in [4.78, 5) is 0. The molecule has 0 amide bonds. The fraction of sp³-hybridized carbons (Fsp3) is 0.538. The molecule has 0 spiro atoms. The summed E-state index contributed by atoms with van der Waals surface area (Å²) < 4.78 is 10.4. The zero-order valence-electron chi connectivity index (χ0n) is 11.0. The molecule has 1 aliphatic rings. The summed E-state index contributed by atoms with van der Waals surface area (Å²) in [6.07, 6.45) is -7.05. The molecule has 2 rings (SSSR count). The van der Waals surface area contributed by atoms with Crippen molar-refractivity contribution in [1.29, 1.82) is 0 Å². The minimum absolute atomic E-state index is 0.0310. The van der Waals surface area contributed by atoms with Crippen LogP contribution in [0.5, 0.6) is 11.5 Å². The standard InChI is InChI=1S/C13H18O8/c14-4-6-1-2-8(7(16)3-6)20-13-12(19)11(18)10(17)9(5-15)21-13/h1-3,9-19H,4-5H2/t9-,10-,11+,12-,13-/m1/s1. The van der Waals surface area contributed by atoms with E-state index >= 15 is 0 Å². The average molecular weight is 302 g/mol. The number of hydrogen-bond acceptors (Lipinski definition) is 8. The maximum atomic E-state index is 9.81. The van der Waals surface area contributed by atoms with E-state index in [1.165, 1.54) is 18.2 Å². The summed E-state index contributed by atoms with van der Waals surface area (Å²) in [5.41, 5.74) is 0.466. The van der Waals surface area contributed by atoms with Gasteiger partial charge in [0.2, 0.25) is 6.29 Å². The molecule has 1 saturated heterocycles. The van der Waals surface area contributed by atoms with Gasteiger partial charge in [-0.05, 0) is 17.7 Å². The van der Waals surface area contributed by atoms with Crippen LogP contribution in [0.4, 0.5) is 0 Å². The second-order valence-electron chi connectivity index (χ2n) is 4.78. The van der Waals surface area contributed by atoms with Gasteiger partial charge in [-0.3, -0.25) is 0 Å². The highest BCUT2D eigenvalue weighted by Crippen LogP contribution is 2.31. The molecule has 0 bridgehead atoms. The predicted molar refractivity (Wildman–Crippen MR) is 68.4 cm³/mol. The van der Waals surface area contributed by atoms with Gasteiger partial charge in [0, 0.05) is 0 Å². The van der Waals surface area contributed by atoms with Gasteiger partial charge in [0.25, 0.3) is 0 Å². The smallest absolute Gasteiger partial charge is 0.229 e. The molecule has 118 valence electrons. The van der Waals surface area contributed by atoms with Crippen molar-refractivity contribution in [1.82, 2.24) is 0 Å². The maximum absolute atomic E-state index is 9.81. The second-order valence-corrected chi connectivity index (χ2v) is 4.78. The van der Waals surface area contributed by atoms with Gasteiger partial charge in [-0.1, -0.05) is 6.07 Å². The molecule has 0 saturated carbocycles. The third kappa shape index (κ3) is 3.26. The van der Waals surface area contributed by atoms with Crippen molar-refractivity contribution in [3.8, 4) is 11.5 Å². The first-order valence-corrected chi connectivity index (χ1v) is 6.38. The van der Waals surface area contributed by atoms with Gasteiger partial charge >= 0.3 is 0 Å². The van der Waals surface area contributed by atoms with E-state index in [0.29, 0.717) is 5.56 Å².